The predicted octanol–water partition coefficient (Wildman–Crippen LogP) is 9.12. The van der Waals surface area contributed by atoms with Crippen molar-refractivity contribution in [3.05, 3.63) is 101 Å². The molecule has 0 spiro atoms. The number of hydrogen-bond acceptors (Lipinski definition) is 0. The van der Waals surface area contributed by atoms with Crippen molar-refractivity contribution in [2.24, 2.45) is 0 Å². The fraction of sp³-hybridized carbons (Fsp3) is 0.333. The van der Waals surface area contributed by atoms with Crippen molar-refractivity contribution in [3.8, 4) is 11.1 Å². The molecule has 0 saturated carbocycles. The molecule has 1 atom stereocenters. The summed E-state index contributed by atoms with van der Waals surface area (Å²) in [5, 5.41) is 0. The van der Waals surface area contributed by atoms with Gasteiger partial charge in [0.1, 0.15) is 0 Å². The van der Waals surface area contributed by atoms with E-state index in [9.17, 15) is 0 Å². The summed E-state index contributed by atoms with van der Waals surface area (Å²) >= 11 is -2.70. The third kappa shape index (κ3) is 3.50. The van der Waals surface area contributed by atoms with Crippen molar-refractivity contribution >= 4 is 6.08 Å². The molecule has 1 heteroatoms. The van der Waals surface area contributed by atoms with Gasteiger partial charge in [-0.3, -0.25) is 0 Å². The molecule has 0 heterocycles. The van der Waals surface area contributed by atoms with E-state index in [2.05, 4.69) is 98.8 Å². The Labute approximate surface area is 191 Å². The zero-order chi connectivity index (χ0) is 21.3. The first-order valence-corrected chi connectivity index (χ1v) is 17.8. The zero-order valence-electron chi connectivity index (χ0n) is 18.9. The Bertz CT molecular complexity index is 1040. The van der Waals surface area contributed by atoms with E-state index in [1.54, 1.807) is 16.7 Å². The van der Waals surface area contributed by atoms with Gasteiger partial charge in [0, 0.05) is 0 Å². The third-order valence-electron chi connectivity index (χ3n) is 7.50. The normalized spacial score (nSPS) is 16.9. The Balaban J connectivity index is 1.74. The summed E-state index contributed by atoms with van der Waals surface area (Å²) in [6.07, 6.45) is 10.4. The van der Waals surface area contributed by atoms with Crippen LogP contribution in [-0.4, -0.2) is 0 Å². The second-order valence-electron chi connectivity index (χ2n) is 9.27. The molecule has 0 amide bonds. The summed E-state index contributed by atoms with van der Waals surface area (Å²) in [6.45, 7) is 4.76. The predicted molar refractivity (Wildman–Crippen MR) is 131 cm³/mol. The van der Waals surface area contributed by atoms with E-state index in [0.717, 1.165) is 0 Å². The number of rotatable bonds is 8. The molecule has 3 aromatic carbocycles. The Morgan fingerprint density at radius 3 is 1.74 bits per heavy atom. The summed E-state index contributed by atoms with van der Waals surface area (Å²) < 4.78 is 4.29. The molecule has 0 fully saturated rings. The molecule has 0 nitrogen and oxygen atoms in total. The van der Waals surface area contributed by atoms with Crippen LogP contribution in [0.15, 0.2) is 78.9 Å². The molecule has 0 aliphatic heterocycles. The molecule has 0 radical (unpaired) electrons. The van der Waals surface area contributed by atoms with Crippen LogP contribution in [0.5, 0.6) is 0 Å². The molecule has 1 unspecified atom stereocenters. The van der Waals surface area contributed by atoms with Gasteiger partial charge in [-0.05, 0) is 0 Å². The molecule has 159 valence electrons. The van der Waals surface area contributed by atoms with E-state index < -0.39 is 17.1 Å². The molecule has 2 aliphatic rings. The maximum atomic E-state index is 2.63. The van der Waals surface area contributed by atoms with Crippen LogP contribution in [0.2, 0.25) is 9.28 Å². The second kappa shape index (κ2) is 8.94. The van der Waals surface area contributed by atoms with Gasteiger partial charge in [-0.15, -0.1) is 0 Å². The number of hydrogen-bond donors (Lipinski definition) is 0. The third-order valence-corrected chi connectivity index (χ3v) is 20.9. The van der Waals surface area contributed by atoms with Gasteiger partial charge in [0.25, 0.3) is 0 Å². The van der Waals surface area contributed by atoms with Crippen LogP contribution >= 0.6 is 0 Å². The Morgan fingerprint density at radius 1 is 0.645 bits per heavy atom. The number of fused-ring (bicyclic) bond motifs is 4. The topological polar surface area (TPSA) is 0 Å². The quantitative estimate of drug-likeness (QED) is 0.278. The van der Waals surface area contributed by atoms with E-state index in [0.29, 0.717) is 8.27 Å². The molecular formula is C30H34Nb. The average Bonchev–Trinajstić information content (AvgIpc) is 3.40. The molecule has 0 bridgehead atoms. The number of allylic oxidation sites excluding steroid dienone is 1. The molecule has 0 N–H and O–H groups in total. The SMILES string of the molecule is CCC[CH2][Nb]([CH2]CCC)([CH]1C=Cc2ccccc21)[CH]1c2ccccc2-c2ccccc21. The second-order valence-corrected chi connectivity index (χ2v) is 19.5. The van der Waals surface area contributed by atoms with Gasteiger partial charge in [0.15, 0.2) is 0 Å². The van der Waals surface area contributed by atoms with Gasteiger partial charge in [0.05, 0.1) is 0 Å². The van der Waals surface area contributed by atoms with Gasteiger partial charge in [-0.2, -0.15) is 0 Å². The molecule has 31 heavy (non-hydrogen) atoms. The molecule has 3 aromatic rings. The van der Waals surface area contributed by atoms with Crippen LogP contribution in [0.4, 0.5) is 0 Å². The number of benzene rings is 3. The van der Waals surface area contributed by atoms with Crippen molar-refractivity contribution in [1.82, 2.24) is 0 Å². The Hall–Kier alpha value is -1.86. The van der Waals surface area contributed by atoms with Gasteiger partial charge < -0.3 is 0 Å². The van der Waals surface area contributed by atoms with E-state index in [1.165, 1.54) is 51.7 Å². The molecule has 0 saturated heterocycles. The molecular weight excluding hydrogens is 453 g/mol. The molecule has 2 aliphatic carbocycles. The van der Waals surface area contributed by atoms with Crippen LogP contribution in [0.25, 0.3) is 17.2 Å². The van der Waals surface area contributed by atoms with Crippen LogP contribution in [0.3, 0.4) is 0 Å². The Morgan fingerprint density at radius 2 is 1.16 bits per heavy atom. The Kier molecular flexibility index (Phi) is 6.06. The van der Waals surface area contributed by atoms with E-state index in [4.69, 9.17) is 0 Å². The summed E-state index contributed by atoms with van der Waals surface area (Å²) in [4.78, 5) is 0. The van der Waals surface area contributed by atoms with Gasteiger partial charge in [-0.25, -0.2) is 0 Å². The van der Waals surface area contributed by atoms with Crippen LogP contribution in [-0.2, 0) is 17.1 Å². The van der Waals surface area contributed by atoms with E-state index >= 15 is 0 Å². The van der Waals surface area contributed by atoms with Gasteiger partial charge >= 0.3 is 193 Å². The van der Waals surface area contributed by atoms with Crippen molar-refractivity contribution in [2.75, 3.05) is 0 Å². The first-order chi connectivity index (χ1) is 15.3. The van der Waals surface area contributed by atoms with Crippen LogP contribution in [0, 0.1) is 0 Å². The van der Waals surface area contributed by atoms with Gasteiger partial charge in [-0.1, -0.05) is 0 Å². The molecule has 0 aromatic heterocycles. The fourth-order valence-electron chi connectivity index (χ4n) is 6.08. The monoisotopic (exact) mass is 487 g/mol. The van der Waals surface area contributed by atoms with E-state index in [-0.39, 0.29) is 0 Å². The summed E-state index contributed by atoms with van der Waals surface area (Å²) in [6, 6.07) is 28.0. The minimum atomic E-state index is -2.70. The first kappa shape index (κ1) is 21.0. The fourth-order valence-corrected chi connectivity index (χ4v) is 21.3. The minimum absolute atomic E-state index is 0.657. The molecule has 5 rings (SSSR count). The first-order valence-electron chi connectivity index (χ1n) is 12.1. The van der Waals surface area contributed by atoms with Crippen molar-refractivity contribution in [3.63, 3.8) is 0 Å². The van der Waals surface area contributed by atoms with Crippen molar-refractivity contribution in [1.29, 1.82) is 0 Å². The summed E-state index contributed by atoms with van der Waals surface area (Å²) in [5.74, 6) is 0. The summed E-state index contributed by atoms with van der Waals surface area (Å²) in [5.41, 5.74) is 9.38. The van der Waals surface area contributed by atoms with E-state index in [1.807, 2.05) is 0 Å². The maximum absolute atomic E-state index is 2.70. The van der Waals surface area contributed by atoms with Gasteiger partial charge in [0.2, 0.25) is 0 Å². The van der Waals surface area contributed by atoms with Crippen LogP contribution < -0.4 is 0 Å². The summed E-state index contributed by atoms with van der Waals surface area (Å²) in [7, 11) is 0. The van der Waals surface area contributed by atoms with Crippen LogP contribution in [0.1, 0.15) is 70.1 Å². The number of unbranched alkanes of at least 4 members (excludes halogenated alkanes) is 2. The van der Waals surface area contributed by atoms with Crippen molar-refractivity contribution < 1.29 is 17.1 Å². The zero-order valence-corrected chi connectivity index (χ0v) is 21.1. The standard InChI is InChI=1S/C13H9.C9H7.2C4H9.Nb/c1-3-7-12-10(5-1)9-11-6-2-4-8-13(11)12;1-2-5-9-7-3-6-8(9)4-1;2*1-3-4-2;/h1-9H;1-7H;2*1,3-4H2,2H3;. The average molecular weight is 488 g/mol. The van der Waals surface area contributed by atoms with Crippen molar-refractivity contribution in [2.45, 2.75) is 57.1 Å².